The van der Waals surface area contributed by atoms with Crippen LogP contribution in [0, 0.1) is 5.92 Å². The van der Waals surface area contributed by atoms with Gasteiger partial charge >= 0.3 is 0 Å². The molecular weight excluding hydrogens is 230 g/mol. The van der Waals surface area contributed by atoms with E-state index in [0.717, 1.165) is 18.0 Å². The molecule has 2 unspecified atom stereocenters. The number of hydrogen-bond acceptors (Lipinski definition) is 1. The summed E-state index contributed by atoms with van der Waals surface area (Å²) in [6.07, 6.45) is 3.47. The molecule has 0 saturated carbocycles. The minimum atomic E-state index is 0.605. The first-order valence-corrected chi connectivity index (χ1v) is 7.03. The van der Waals surface area contributed by atoms with E-state index in [1.807, 2.05) is 12.1 Å². The molecule has 2 heteroatoms. The average molecular weight is 254 g/mol. The molecule has 1 rings (SSSR count). The summed E-state index contributed by atoms with van der Waals surface area (Å²) in [4.78, 5) is 0. The Kier molecular flexibility index (Phi) is 6.61. The van der Waals surface area contributed by atoms with Crippen LogP contribution in [0.4, 0.5) is 0 Å². The van der Waals surface area contributed by atoms with Gasteiger partial charge in [-0.05, 0) is 49.4 Å². The van der Waals surface area contributed by atoms with Gasteiger partial charge in [-0.15, -0.1) is 0 Å². The Morgan fingerprint density at radius 2 is 2.06 bits per heavy atom. The van der Waals surface area contributed by atoms with Gasteiger partial charge in [-0.25, -0.2) is 0 Å². The second kappa shape index (κ2) is 7.73. The van der Waals surface area contributed by atoms with Crippen molar-refractivity contribution < 1.29 is 0 Å². The zero-order chi connectivity index (χ0) is 12.7. The molecule has 0 aliphatic heterocycles. The fourth-order valence-electron chi connectivity index (χ4n) is 2.26. The molecule has 1 aromatic rings. The highest BCUT2D eigenvalue weighted by Crippen LogP contribution is 2.17. The molecule has 0 aliphatic carbocycles. The molecule has 1 N–H and O–H groups in total. The maximum atomic E-state index is 6.01. The van der Waals surface area contributed by atoms with Gasteiger partial charge in [0, 0.05) is 11.1 Å². The first-order valence-electron chi connectivity index (χ1n) is 6.65. The van der Waals surface area contributed by atoms with Crippen LogP contribution in [0.3, 0.4) is 0 Å². The van der Waals surface area contributed by atoms with Gasteiger partial charge in [-0.1, -0.05) is 44.5 Å². The topological polar surface area (TPSA) is 12.0 Å². The Morgan fingerprint density at radius 1 is 1.29 bits per heavy atom. The van der Waals surface area contributed by atoms with E-state index in [0.29, 0.717) is 12.0 Å². The number of benzene rings is 1. The van der Waals surface area contributed by atoms with Crippen molar-refractivity contribution in [3.8, 4) is 0 Å². The summed E-state index contributed by atoms with van der Waals surface area (Å²) in [5.74, 6) is 0.644. The zero-order valence-electron chi connectivity index (χ0n) is 11.2. The molecule has 0 spiro atoms. The molecule has 1 nitrogen and oxygen atoms in total. The second-order valence-corrected chi connectivity index (χ2v) is 5.22. The lowest BCUT2D eigenvalue weighted by Gasteiger charge is -2.24. The van der Waals surface area contributed by atoms with Crippen molar-refractivity contribution in [1.82, 2.24) is 5.32 Å². The Hall–Kier alpha value is -0.530. The molecule has 1 aromatic carbocycles. The third-order valence-electron chi connectivity index (χ3n) is 3.23. The predicted molar refractivity (Wildman–Crippen MR) is 76.7 cm³/mol. The van der Waals surface area contributed by atoms with E-state index in [1.165, 1.54) is 18.4 Å². The number of halogens is 1. The van der Waals surface area contributed by atoms with Crippen molar-refractivity contribution in [1.29, 1.82) is 0 Å². The Bertz CT molecular complexity index is 324. The molecule has 0 fully saturated rings. The largest absolute Gasteiger partial charge is 0.314 e. The van der Waals surface area contributed by atoms with Crippen molar-refractivity contribution in [3.63, 3.8) is 0 Å². The van der Waals surface area contributed by atoms with E-state index in [4.69, 9.17) is 11.6 Å². The minimum absolute atomic E-state index is 0.605. The lowest BCUT2D eigenvalue weighted by atomic mass is 9.92. The van der Waals surface area contributed by atoms with Gasteiger partial charge in [0.15, 0.2) is 0 Å². The monoisotopic (exact) mass is 253 g/mol. The first-order chi connectivity index (χ1) is 8.17. The second-order valence-electron chi connectivity index (χ2n) is 4.78. The van der Waals surface area contributed by atoms with Crippen LogP contribution < -0.4 is 5.32 Å². The quantitative estimate of drug-likeness (QED) is 0.764. The highest BCUT2D eigenvalue weighted by molar-refractivity contribution is 6.30. The van der Waals surface area contributed by atoms with Gasteiger partial charge in [0.25, 0.3) is 0 Å². The molecule has 0 saturated heterocycles. The fraction of sp³-hybridized carbons (Fsp3) is 0.600. The van der Waals surface area contributed by atoms with Gasteiger partial charge in [0.05, 0.1) is 0 Å². The van der Waals surface area contributed by atoms with Crippen molar-refractivity contribution >= 4 is 11.6 Å². The molecule has 17 heavy (non-hydrogen) atoms. The molecule has 0 bridgehead atoms. The van der Waals surface area contributed by atoms with E-state index >= 15 is 0 Å². The van der Waals surface area contributed by atoms with E-state index in [1.54, 1.807) is 0 Å². The third kappa shape index (κ3) is 5.10. The van der Waals surface area contributed by atoms with Gasteiger partial charge in [-0.3, -0.25) is 0 Å². The molecule has 2 atom stereocenters. The summed E-state index contributed by atoms with van der Waals surface area (Å²) in [6.45, 7) is 7.89. The average Bonchev–Trinajstić information content (AvgIpc) is 2.30. The molecule has 0 radical (unpaired) electrons. The fourth-order valence-corrected chi connectivity index (χ4v) is 2.47. The van der Waals surface area contributed by atoms with Crippen LogP contribution in [0.1, 0.15) is 39.2 Å². The van der Waals surface area contributed by atoms with Gasteiger partial charge in [-0.2, -0.15) is 0 Å². The summed E-state index contributed by atoms with van der Waals surface area (Å²) >= 11 is 6.01. The summed E-state index contributed by atoms with van der Waals surface area (Å²) in [6, 6.07) is 8.81. The summed E-state index contributed by atoms with van der Waals surface area (Å²) in [5, 5.41) is 4.46. The van der Waals surface area contributed by atoms with Crippen LogP contribution in [0.25, 0.3) is 0 Å². The SMILES string of the molecule is CCCNC(CC)C(C)Cc1cccc(Cl)c1. The maximum absolute atomic E-state index is 6.01. The first kappa shape index (κ1) is 14.5. The number of rotatable bonds is 7. The van der Waals surface area contributed by atoms with E-state index < -0.39 is 0 Å². The summed E-state index contributed by atoms with van der Waals surface area (Å²) in [5.41, 5.74) is 1.33. The highest BCUT2D eigenvalue weighted by atomic mass is 35.5. The van der Waals surface area contributed by atoms with Crippen molar-refractivity contribution in [3.05, 3.63) is 34.9 Å². The Balaban J connectivity index is 2.54. The number of nitrogens with one attached hydrogen (secondary N) is 1. The third-order valence-corrected chi connectivity index (χ3v) is 3.47. The lowest BCUT2D eigenvalue weighted by Crippen LogP contribution is -2.35. The normalized spacial score (nSPS) is 14.6. The summed E-state index contributed by atoms with van der Waals surface area (Å²) < 4.78 is 0. The highest BCUT2D eigenvalue weighted by Gasteiger charge is 2.14. The van der Waals surface area contributed by atoms with E-state index in [9.17, 15) is 0 Å². The maximum Gasteiger partial charge on any atom is 0.0408 e. The van der Waals surface area contributed by atoms with Gasteiger partial charge in [0.1, 0.15) is 0 Å². The summed E-state index contributed by atoms with van der Waals surface area (Å²) in [7, 11) is 0. The molecule has 0 amide bonds. The molecular formula is C15H24ClN. The van der Waals surface area contributed by atoms with E-state index in [2.05, 4.69) is 38.2 Å². The van der Waals surface area contributed by atoms with Gasteiger partial charge < -0.3 is 5.32 Å². The smallest absolute Gasteiger partial charge is 0.0408 e. The van der Waals surface area contributed by atoms with Crippen molar-refractivity contribution in [2.75, 3.05) is 6.54 Å². The molecule has 0 aromatic heterocycles. The Labute approximate surface area is 111 Å². The standard InChI is InChI=1S/C15H24ClN/c1-4-9-17-15(5-2)12(3)10-13-7-6-8-14(16)11-13/h6-8,11-12,15,17H,4-5,9-10H2,1-3H3. The van der Waals surface area contributed by atoms with Crippen LogP contribution in [0.15, 0.2) is 24.3 Å². The van der Waals surface area contributed by atoms with E-state index in [-0.39, 0.29) is 0 Å². The van der Waals surface area contributed by atoms with Crippen LogP contribution >= 0.6 is 11.6 Å². The predicted octanol–water partition coefficient (Wildman–Crippen LogP) is 4.30. The Morgan fingerprint density at radius 3 is 2.65 bits per heavy atom. The van der Waals surface area contributed by atoms with Crippen LogP contribution in [-0.4, -0.2) is 12.6 Å². The number of hydrogen-bond donors (Lipinski definition) is 1. The van der Waals surface area contributed by atoms with Crippen LogP contribution in [0.5, 0.6) is 0 Å². The molecule has 0 aliphatic rings. The van der Waals surface area contributed by atoms with Crippen LogP contribution in [-0.2, 0) is 6.42 Å². The lowest BCUT2D eigenvalue weighted by molar-refractivity contribution is 0.365. The van der Waals surface area contributed by atoms with Crippen LogP contribution in [0.2, 0.25) is 5.02 Å². The zero-order valence-corrected chi connectivity index (χ0v) is 11.9. The van der Waals surface area contributed by atoms with Gasteiger partial charge in [0.2, 0.25) is 0 Å². The van der Waals surface area contributed by atoms with Crippen molar-refractivity contribution in [2.45, 2.75) is 46.1 Å². The van der Waals surface area contributed by atoms with Crippen molar-refractivity contribution in [2.24, 2.45) is 5.92 Å². The minimum Gasteiger partial charge on any atom is -0.314 e. The molecule has 96 valence electrons. The molecule has 0 heterocycles.